The Bertz CT molecular complexity index is 1200. The van der Waals surface area contributed by atoms with Gasteiger partial charge in [-0.25, -0.2) is 9.78 Å². The zero-order valence-corrected chi connectivity index (χ0v) is 20.4. The molecule has 2 fully saturated rings. The number of carbonyl (C=O) groups is 1. The van der Waals surface area contributed by atoms with E-state index in [-0.39, 0.29) is 12.2 Å². The first-order chi connectivity index (χ1) is 15.9. The standard InChI is InChI=1S/C24H26BrN5O3/c1-15-4-5-16(10-19(15)25)30-14-18(33-24(30)31)13-28(2)17-11-29(12-17)21-8-9-26-20-6-7-22(32-3)27-23(20)21/h4-10,17-18H,11-14H2,1-3H3. The third-order valence-electron chi connectivity index (χ3n) is 6.41. The lowest BCUT2D eigenvalue weighted by Crippen LogP contribution is -2.59. The second kappa shape index (κ2) is 8.79. The highest BCUT2D eigenvalue weighted by Gasteiger charge is 2.37. The number of ether oxygens (including phenoxy) is 2. The Morgan fingerprint density at radius 2 is 2.03 bits per heavy atom. The number of rotatable bonds is 6. The minimum atomic E-state index is -0.289. The van der Waals surface area contributed by atoms with Gasteiger partial charge in [-0.1, -0.05) is 22.0 Å². The van der Waals surface area contributed by atoms with Crippen molar-refractivity contribution in [3.63, 3.8) is 0 Å². The SMILES string of the molecule is COc1ccc2nccc(N3CC(N(C)CC4CN(c5ccc(C)c(Br)c5)C(=O)O4)C3)c2n1. The van der Waals surface area contributed by atoms with Gasteiger partial charge in [-0.05, 0) is 43.8 Å². The van der Waals surface area contributed by atoms with E-state index in [0.29, 0.717) is 25.0 Å². The number of hydrogen-bond acceptors (Lipinski definition) is 7. The first kappa shape index (κ1) is 21.9. The van der Waals surface area contributed by atoms with Crippen LogP contribution in [0, 0.1) is 6.92 Å². The summed E-state index contributed by atoms with van der Waals surface area (Å²) >= 11 is 3.55. The Balaban J connectivity index is 1.21. The van der Waals surface area contributed by atoms with Gasteiger partial charge in [0.15, 0.2) is 0 Å². The Morgan fingerprint density at radius 1 is 1.21 bits per heavy atom. The minimum Gasteiger partial charge on any atom is -0.481 e. The molecule has 5 rings (SSSR count). The zero-order valence-electron chi connectivity index (χ0n) is 18.9. The molecule has 0 aliphatic carbocycles. The number of amides is 1. The van der Waals surface area contributed by atoms with Gasteiger partial charge < -0.3 is 14.4 Å². The van der Waals surface area contributed by atoms with Crippen molar-refractivity contribution in [3.05, 3.63) is 52.6 Å². The lowest BCUT2D eigenvalue weighted by molar-refractivity contribution is 0.0957. The molecule has 0 N–H and O–H groups in total. The van der Waals surface area contributed by atoms with Crippen LogP contribution in [0.4, 0.5) is 16.2 Å². The topological polar surface area (TPSA) is 71.0 Å². The van der Waals surface area contributed by atoms with Crippen LogP contribution in [-0.2, 0) is 4.74 Å². The Kier molecular flexibility index (Phi) is 5.84. The van der Waals surface area contributed by atoms with E-state index in [1.54, 1.807) is 12.0 Å². The normalized spacial score (nSPS) is 18.7. The third kappa shape index (κ3) is 4.22. The quantitative estimate of drug-likeness (QED) is 0.497. The van der Waals surface area contributed by atoms with Crippen molar-refractivity contribution in [2.45, 2.75) is 19.1 Å². The number of cyclic esters (lactones) is 1. The average Bonchev–Trinajstić information content (AvgIpc) is 3.14. The van der Waals surface area contributed by atoms with Crippen molar-refractivity contribution in [3.8, 4) is 5.88 Å². The Hall–Kier alpha value is -2.91. The molecule has 2 aliphatic heterocycles. The van der Waals surface area contributed by atoms with E-state index in [4.69, 9.17) is 9.47 Å². The highest BCUT2D eigenvalue weighted by molar-refractivity contribution is 9.10. The number of aromatic nitrogens is 2. The van der Waals surface area contributed by atoms with Crippen LogP contribution in [0.3, 0.4) is 0 Å². The lowest BCUT2D eigenvalue weighted by atomic mass is 10.1. The van der Waals surface area contributed by atoms with Gasteiger partial charge in [0.25, 0.3) is 0 Å². The summed E-state index contributed by atoms with van der Waals surface area (Å²) in [4.78, 5) is 27.8. The smallest absolute Gasteiger partial charge is 0.414 e. The first-order valence-corrected chi connectivity index (χ1v) is 11.7. The summed E-state index contributed by atoms with van der Waals surface area (Å²) in [5.74, 6) is 0.583. The number of nitrogens with zero attached hydrogens (tertiary/aromatic N) is 5. The van der Waals surface area contributed by atoms with Crippen molar-refractivity contribution < 1.29 is 14.3 Å². The Labute approximate surface area is 201 Å². The fourth-order valence-electron chi connectivity index (χ4n) is 4.34. The molecule has 8 nitrogen and oxygen atoms in total. The van der Waals surface area contributed by atoms with Gasteiger partial charge in [0.1, 0.15) is 11.6 Å². The molecule has 2 saturated heterocycles. The molecule has 1 amide bonds. The molecule has 0 bridgehead atoms. The highest BCUT2D eigenvalue weighted by atomic mass is 79.9. The number of methoxy groups -OCH3 is 1. The van der Waals surface area contributed by atoms with Crippen molar-refractivity contribution in [2.75, 3.05) is 50.1 Å². The van der Waals surface area contributed by atoms with Gasteiger partial charge in [-0.15, -0.1) is 0 Å². The molecule has 3 aromatic rings. The maximum absolute atomic E-state index is 12.5. The number of fused-ring (bicyclic) bond motifs is 1. The largest absolute Gasteiger partial charge is 0.481 e. The van der Waals surface area contributed by atoms with Gasteiger partial charge in [0.05, 0.1) is 24.9 Å². The van der Waals surface area contributed by atoms with Crippen molar-refractivity contribution in [1.82, 2.24) is 14.9 Å². The van der Waals surface area contributed by atoms with Gasteiger partial charge in [-0.2, -0.15) is 0 Å². The van der Waals surface area contributed by atoms with Crippen molar-refractivity contribution >= 4 is 44.4 Å². The molecule has 2 aromatic heterocycles. The van der Waals surface area contributed by atoms with Gasteiger partial charge in [0.2, 0.25) is 5.88 Å². The van der Waals surface area contributed by atoms with Crippen LogP contribution < -0.4 is 14.5 Å². The highest BCUT2D eigenvalue weighted by Crippen LogP contribution is 2.31. The molecule has 0 spiro atoms. The average molecular weight is 512 g/mol. The number of aryl methyl sites for hydroxylation is 1. The molecule has 1 unspecified atom stereocenters. The number of halogens is 1. The zero-order chi connectivity index (χ0) is 23.1. The molecule has 0 radical (unpaired) electrons. The molecule has 4 heterocycles. The summed E-state index contributed by atoms with van der Waals surface area (Å²) in [5, 5.41) is 0. The number of carbonyl (C=O) groups excluding carboxylic acids is 1. The van der Waals surface area contributed by atoms with E-state index in [0.717, 1.165) is 45.5 Å². The number of anilines is 2. The van der Waals surface area contributed by atoms with Crippen LogP contribution >= 0.6 is 15.9 Å². The lowest BCUT2D eigenvalue weighted by Gasteiger charge is -2.45. The van der Waals surface area contributed by atoms with E-state index in [1.165, 1.54) is 0 Å². The van der Waals surface area contributed by atoms with Crippen LogP contribution in [0.25, 0.3) is 11.0 Å². The van der Waals surface area contributed by atoms with E-state index in [1.807, 2.05) is 49.5 Å². The summed E-state index contributed by atoms with van der Waals surface area (Å²) in [5.41, 5.74) is 4.75. The van der Waals surface area contributed by atoms with Gasteiger partial charge in [0, 0.05) is 48.1 Å². The maximum Gasteiger partial charge on any atom is 0.414 e. The number of likely N-dealkylation sites (N-methyl/N-ethyl adjacent to an activating group) is 1. The van der Waals surface area contributed by atoms with E-state index in [9.17, 15) is 4.79 Å². The van der Waals surface area contributed by atoms with Crippen molar-refractivity contribution in [2.24, 2.45) is 0 Å². The van der Waals surface area contributed by atoms with Gasteiger partial charge >= 0.3 is 6.09 Å². The van der Waals surface area contributed by atoms with Crippen LogP contribution in [0.5, 0.6) is 5.88 Å². The summed E-state index contributed by atoms with van der Waals surface area (Å²) in [7, 11) is 3.71. The summed E-state index contributed by atoms with van der Waals surface area (Å²) in [6, 6.07) is 12.1. The van der Waals surface area contributed by atoms with Crippen LogP contribution in [0.2, 0.25) is 0 Å². The predicted octanol–water partition coefficient (Wildman–Crippen LogP) is 3.86. The predicted molar refractivity (Wildman–Crippen MR) is 131 cm³/mol. The molecular weight excluding hydrogens is 486 g/mol. The monoisotopic (exact) mass is 511 g/mol. The van der Waals surface area contributed by atoms with Crippen LogP contribution in [-0.4, -0.2) is 73.4 Å². The first-order valence-electron chi connectivity index (χ1n) is 10.9. The second-order valence-electron chi connectivity index (χ2n) is 8.60. The summed E-state index contributed by atoms with van der Waals surface area (Å²) in [6.07, 6.45) is 1.37. The van der Waals surface area contributed by atoms with E-state index < -0.39 is 0 Å². The molecule has 0 saturated carbocycles. The van der Waals surface area contributed by atoms with E-state index >= 15 is 0 Å². The molecule has 1 atom stereocenters. The Morgan fingerprint density at radius 3 is 2.79 bits per heavy atom. The van der Waals surface area contributed by atoms with Crippen LogP contribution in [0.1, 0.15) is 5.56 Å². The molecular formula is C24H26BrN5O3. The van der Waals surface area contributed by atoms with Crippen molar-refractivity contribution in [1.29, 1.82) is 0 Å². The number of pyridine rings is 2. The maximum atomic E-state index is 12.5. The molecule has 1 aromatic carbocycles. The van der Waals surface area contributed by atoms with E-state index in [2.05, 4.69) is 42.7 Å². The number of hydrogen-bond donors (Lipinski definition) is 0. The molecule has 9 heteroatoms. The fourth-order valence-corrected chi connectivity index (χ4v) is 4.71. The van der Waals surface area contributed by atoms with Gasteiger partial charge in [-0.3, -0.25) is 14.8 Å². The molecule has 172 valence electrons. The third-order valence-corrected chi connectivity index (χ3v) is 7.26. The number of benzene rings is 1. The molecule has 2 aliphatic rings. The summed E-state index contributed by atoms with van der Waals surface area (Å²) < 4.78 is 11.9. The second-order valence-corrected chi connectivity index (χ2v) is 9.45. The van der Waals surface area contributed by atoms with Crippen LogP contribution in [0.15, 0.2) is 47.1 Å². The molecule has 33 heavy (non-hydrogen) atoms. The summed E-state index contributed by atoms with van der Waals surface area (Å²) in [6.45, 7) is 5.02. The minimum absolute atomic E-state index is 0.163. The fraction of sp³-hybridized carbons (Fsp3) is 0.375.